The van der Waals surface area contributed by atoms with Crippen LogP contribution in [-0.2, 0) is 4.79 Å². The Kier molecular flexibility index (Phi) is 5.99. The number of carboxylic acid groups (broad SMARTS) is 1. The van der Waals surface area contributed by atoms with E-state index in [4.69, 9.17) is 5.53 Å². The summed E-state index contributed by atoms with van der Waals surface area (Å²) >= 11 is 0. The number of carbonyl (C=O) groups excluding carboxylic acids is 1. The monoisotopic (exact) mass is 199 g/mol. The Balaban J connectivity index is 0.00000169. The normalized spacial score (nSPS) is 10.6. The van der Waals surface area contributed by atoms with Gasteiger partial charge in [0.2, 0.25) is 0 Å². The molecule has 0 heterocycles. The summed E-state index contributed by atoms with van der Waals surface area (Å²) in [5.41, 5.74) is 8.53. The van der Waals surface area contributed by atoms with E-state index < -0.39 is 12.0 Å². The van der Waals surface area contributed by atoms with E-state index >= 15 is 0 Å². The van der Waals surface area contributed by atoms with Crippen molar-refractivity contribution in [2.75, 3.05) is 0 Å². The number of benzene rings is 1. The maximum absolute atomic E-state index is 10.5. The summed E-state index contributed by atoms with van der Waals surface area (Å²) in [6.07, 6.45) is 0. The first-order valence-corrected chi connectivity index (χ1v) is 3.55. The van der Waals surface area contributed by atoms with Crippen LogP contribution in [0, 0.1) is 0 Å². The van der Waals surface area contributed by atoms with E-state index in [1.807, 2.05) is 0 Å². The molecule has 0 radical (unpaired) electrons. The molecule has 1 atom stereocenters. The fourth-order valence-corrected chi connectivity index (χ4v) is 0.937. The van der Waals surface area contributed by atoms with Gasteiger partial charge in [0, 0.05) is 4.91 Å². The summed E-state index contributed by atoms with van der Waals surface area (Å²) in [4.78, 5) is 13.0. The molecule has 0 unspecified atom stereocenters. The molecule has 0 N–H and O–H groups in total. The Morgan fingerprint density at radius 1 is 1.43 bits per heavy atom. The number of carbonyl (C=O) groups is 1. The van der Waals surface area contributed by atoms with E-state index in [2.05, 4.69) is 10.0 Å². The van der Waals surface area contributed by atoms with Crippen molar-refractivity contribution in [2.45, 2.75) is 6.04 Å². The van der Waals surface area contributed by atoms with Gasteiger partial charge in [0.25, 0.3) is 0 Å². The summed E-state index contributed by atoms with van der Waals surface area (Å²) in [6, 6.07) is 6.96. The fraction of sp³-hybridized carbons (Fsp3) is 0.125. The molecule has 1 aromatic carbocycles. The Hall–Kier alpha value is -1.000. The number of hydrogen-bond acceptors (Lipinski definition) is 3. The second kappa shape index (κ2) is 6.45. The molecule has 0 aromatic heterocycles. The number of aliphatic carboxylic acids is 1. The largest absolute Gasteiger partial charge is 1.00 e. The van der Waals surface area contributed by atoms with Crippen molar-refractivity contribution in [3.05, 3.63) is 46.3 Å². The van der Waals surface area contributed by atoms with Gasteiger partial charge in [-0.15, -0.1) is 0 Å². The molecule has 1 rings (SSSR count). The van der Waals surface area contributed by atoms with E-state index in [-0.39, 0.29) is 29.6 Å². The Morgan fingerprint density at radius 3 is 2.43 bits per heavy atom. The zero-order valence-electron chi connectivity index (χ0n) is 7.62. The second-order valence-corrected chi connectivity index (χ2v) is 2.34. The van der Waals surface area contributed by atoms with Gasteiger partial charge in [-0.2, -0.15) is 0 Å². The summed E-state index contributed by atoms with van der Waals surface area (Å²) in [7, 11) is 0. The number of carboxylic acids is 1. The third-order valence-corrected chi connectivity index (χ3v) is 1.51. The van der Waals surface area contributed by atoms with Gasteiger partial charge in [-0.1, -0.05) is 35.4 Å². The quantitative estimate of drug-likeness (QED) is 0.239. The van der Waals surface area contributed by atoms with Crippen LogP contribution in [0.15, 0.2) is 35.4 Å². The van der Waals surface area contributed by atoms with Crippen LogP contribution in [-0.4, -0.2) is 5.97 Å². The summed E-state index contributed by atoms with van der Waals surface area (Å²) in [5.74, 6) is -1.40. The zero-order chi connectivity index (χ0) is 9.68. The van der Waals surface area contributed by atoms with Crippen molar-refractivity contribution in [1.29, 1.82) is 0 Å². The van der Waals surface area contributed by atoms with Gasteiger partial charge in [0.05, 0.1) is 5.97 Å². The van der Waals surface area contributed by atoms with E-state index in [1.165, 1.54) is 0 Å². The standard InChI is InChI=1S/C8H7N3O2.Na/c9-11-10-7(8(12)13)6-4-2-1-3-5-6;/h1-5,7H,(H,12,13);/q;+1/p-1/t7-;/m1./s1. The van der Waals surface area contributed by atoms with Crippen molar-refractivity contribution in [1.82, 2.24) is 0 Å². The van der Waals surface area contributed by atoms with Crippen molar-refractivity contribution < 1.29 is 39.5 Å². The Morgan fingerprint density at radius 2 is 2.00 bits per heavy atom. The third kappa shape index (κ3) is 3.40. The van der Waals surface area contributed by atoms with E-state index in [0.29, 0.717) is 5.56 Å². The van der Waals surface area contributed by atoms with Gasteiger partial charge in [-0.3, -0.25) is 0 Å². The summed E-state index contributed by atoms with van der Waals surface area (Å²) in [6.45, 7) is 0. The predicted octanol–water partition coefficient (Wildman–Crippen LogP) is -2.21. The molecule has 66 valence electrons. The average molecular weight is 199 g/mol. The molecule has 0 aliphatic rings. The van der Waals surface area contributed by atoms with Crippen LogP contribution in [0.25, 0.3) is 10.4 Å². The smallest absolute Gasteiger partial charge is 0.549 e. The van der Waals surface area contributed by atoms with E-state index in [9.17, 15) is 9.90 Å². The van der Waals surface area contributed by atoms with Gasteiger partial charge in [-0.05, 0) is 11.1 Å². The van der Waals surface area contributed by atoms with E-state index in [0.717, 1.165) is 0 Å². The van der Waals surface area contributed by atoms with E-state index in [1.54, 1.807) is 30.3 Å². The van der Waals surface area contributed by atoms with Crippen LogP contribution >= 0.6 is 0 Å². The molecule has 0 saturated heterocycles. The minimum Gasteiger partial charge on any atom is -0.549 e. The maximum Gasteiger partial charge on any atom is 1.00 e. The molecule has 5 nitrogen and oxygen atoms in total. The molecule has 1 aromatic rings. The molecule has 0 aliphatic carbocycles. The second-order valence-electron chi connectivity index (χ2n) is 2.34. The van der Waals surface area contributed by atoms with Gasteiger partial charge in [-0.25, -0.2) is 0 Å². The first kappa shape index (κ1) is 13.0. The molecular weight excluding hydrogens is 193 g/mol. The van der Waals surface area contributed by atoms with Crippen LogP contribution in [0.2, 0.25) is 0 Å². The molecule has 0 spiro atoms. The molecule has 6 heteroatoms. The topological polar surface area (TPSA) is 88.9 Å². The van der Waals surface area contributed by atoms with Crippen LogP contribution in [0.1, 0.15) is 11.6 Å². The van der Waals surface area contributed by atoms with Crippen molar-refractivity contribution in [2.24, 2.45) is 5.11 Å². The molecule has 14 heavy (non-hydrogen) atoms. The molecule has 0 amide bonds. The Bertz CT molecular complexity index is 347. The zero-order valence-corrected chi connectivity index (χ0v) is 9.62. The molecule has 0 aliphatic heterocycles. The minimum absolute atomic E-state index is 0. The van der Waals surface area contributed by atoms with Crippen molar-refractivity contribution >= 4 is 5.97 Å². The first-order valence-electron chi connectivity index (χ1n) is 3.55. The van der Waals surface area contributed by atoms with Crippen molar-refractivity contribution in [3.8, 4) is 0 Å². The van der Waals surface area contributed by atoms with Gasteiger partial charge < -0.3 is 9.90 Å². The van der Waals surface area contributed by atoms with Crippen LogP contribution in [0.3, 0.4) is 0 Å². The summed E-state index contributed by atoms with van der Waals surface area (Å²) in [5, 5.41) is 13.6. The SMILES string of the molecule is [N-]=[N+]=N[C@@H](C(=O)[O-])c1ccccc1.[Na+]. The molecule has 0 fully saturated rings. The maximum atomic E-state index is 10.5. The summed E-state index contributed by atoms with van der Waals surface area (Å²) < 4.78 is 0. The third-order valence-electron chi connectivity index (χ3n) is 1.51. The van der Waals surface area contributed by atoms with Crippen LogP contribution in [0.5, 0.6) is 0 Å². The fourth-order valence-electron chi connectivity index (χ4n) is 0.937. The van der Waals surface area contributed by atoms with Gasteiger partial charge >= 0.3 is 29.6 Å². The number of hydrogen-bond donors (Lipinski definition) is 0. The first-order chi connectivity index (χ1) is 6.25. The Labute approximate surface area is 103 Å². The molecule has 0 saturated carbocycles. The number of azide groups is 1. The number of rotatable bonds is 3. The predicted molar refractivity (Wildman–Crippen MR) is 43.3 cm³/mol. The van der Waals surface area contributed by atoms with Crippen LogP contribution in [0.4, 0.5) is 0 Å². The average Bonchev–Trinajstić information content (AvgIpc) is 2.15. The van der Waals surface area contributed by atoms with Crippen molar-refractivity contribution in [3.63, 3.8) is 0 Å². The minimum atomic E-state index is -1.40. The number of nitrogens with zero attached hydrogens (tertiary/aromatic N) is 3. The van der Waals surface area contributed by atoms with Gasteiger partial charge in [0.1, 0.15) is 6.04 Å². The van der Waals surface area contributed by atoms with Gasteiger partial charge in [0.15, 0.2) is 0 Å². The molecule has 0 bridgehead atoms. The van der Waals surface area contributed by atoms with Crippen LogP contribution < -0.4 is 34.7 Å². The molecular formula is C8H6N3NaO2.